The number of ether oxygens (including phenoxy) is 1. The van der Waals surface area contributed by atoms with E-state index >= 15 is 0 Å². The number of benzene rings is 2. The summed E-state index contributed by atoms with van der Waals surface area (Å²) in [7, 11) is 0. The van der Waals surface area contributed by atoms with Crippen molar-refractivity contribution in [3.63, 3.8) is 0 Å². The molecule has 8 nitrogen and oxygen atoms in total. The van der Waals surface area contributed by atoms with Gasteiger partial charge in [0.1, 0.15) is 5.58 Å². The van der Waals surface area contributed by atoms with E-state index in [0.29, 0.717) is 35.4 Å². The summed E-state index contributed by atoms with van der Waals surface area (Å²) >= 11 is 0. The van der Waals surface area contributed by atoms with Gasteiger partial charge in [-0.3, -0.25) is 19.5 Å². The van der Waals surface area contributed by atoms with E-state index in [9.17, 15) is 19.5 Å². The van der Waals surface area contributed by atoms with Gasteiger partial charge in [0.15, 0.2) is 11.5 Å². The molecule has 1 N–H and O–H groups in total. The lowest BCUT2D eigenvalue weighted by Crippen LogP contribution is -2.31. The lowest BCUT2D eigenvalue weighted by atomic mass is 9.96. The molecule has 2 aromatic carbocycles. The monoisotopic (exact) mass is 482 g/mol. The normalized spacial score (nSPS) is 15.5. The molecule has 36 heavy (non-hydrogen) atoms. The highest BCUT2D eigenvalue weighted by atomic mass is 16.5. The van der Waals surface area contributed by atoms with Gasteiger partial charge in [0.25, 0.3) is 5.91 Å². The van der Waals surface area contributed by atoms with Crippen LogP contribution in [0.15, 0.2) is 94.9 Å². The first-order chi connectivity index (χ1) is 17.5. The molecule has 1 atom stereocenters. The number of anilines is 1. The van der Waals surface area contributed by atoms with Gasteiger partial charge in [0.2, 0.25) is 5.78 Å². The van der Waals surface area contributed by atoms with Crippen LogP contribution in [0.5, 0.6) is 0 Å². The predicted octanol–water partition coefficient (Wildman–Crippen LogP) is 5.18. The molecule has 0 radical (unpaired) electrons. The number of pyridine rings is 1. The van der Waals surface area contributed by atoms with Gasteiger partial charge >= 0.3 is 5.97 Å². The van der Waals surface area contributed by atoms with Crippen LogP contribution in [0, 0.1) is 0 Å². The largest absolute Gasteiger partial charge is 0.503 e. The third-order valence-electron chi connectivity index (χ3n) is 5.92. The molecule has 0 saturated heterocycles. The van der Waals surface area contributed by atoms with E-state index in [4.69, 9.17) is 9.15 Å². The highest BCUT2D eigenvalue weighted by Gasteiger charge is 2.45. The minimum absolute atomic E-state index is 0.00954. The Morgan fingerprint density at radius 1 is 1.08 bits per heavy atom. The number of Topliss-reactive ketones (excluding diaryl/α,β-unsaturated/α-hetero) is 1. The van der Waals surface area contributed by atoms with E-state index in [-0.39, 0.29) is 11.3 Å². The number of nitrogens with zero attached hydrogens (tertiary/aromatic N) is 2. The average Bonchev–Trinajstić information content (AvgIpc) is 3.46. The summed E-state index contributed by atoms with van der Waals surface area (Å²) in [4.78, 5) is 44.5. The third-order valence-corrected chi connectivity index (χ3v) is 5.92. The second-order valence-electron chi connectivity index (χ2n) is 8.29. The molecule has 1 aliphatic rings. The minimum Gasteiger partial charge on any atom is -0.503 e. The number of hydrogen-bond acceptors (Lipinski definition) is 7. The van der Waals surface area contributed by atoms with Crippen LogP contribution in [-0.2, 0) is 9.53 Å². The van der Waals surface area contributed by atoms with Crippen LogP contribution in [0.1, 0.15) is 45.9 Å². The number of fused-ring (bicyclic) bond motifs is 1. The van der Waals surface area contributed by atoms with Crippen LogP contribution < -0.4 is 4.90 Å². The van der Waals surface area contributed by atoms with Crippen molar-refractivity contribution in [2.45, 2.75) is 19.4 Å². The number of aromatic nitrogens is 1. The van der Waals surface area contributed by atoms with Gasteiger partial charge in [-0.25, -0.2) is 4.79 Å². The summed E-state index contributed by atoms with van der Waals surface area (Å²) in [6.07, 6.45) is 3.81. The molecule has 0 aliphatic carbocycles. The second-order valence-corrected chi connectivity index (χ2v) is 8.29. The summed E-state index contributed by atoms with van der Waals surface area (Å²) in [6, 6.07) is 17.4. The summed E-state index contributed by atoms with van der Waals surface area (Å²) in [5, 5.41) is 11.6. The Morgan fingerprint density at radius 3 is 2.56 bits per heavy atom. The van der Waals surface area contributed by atoms with Crippen molar-refractivity contribution in [1.29, 1.82) is 0 Å². The average molecular weight is 482 g/mol. The van der Waals surface area contributed by atoms with Crippen molar-refractivity contribution in [3.8, 4) is 0 Å². The molecule has 8 heteroatoms. The molecule has 0 fully saturated rings. The van der Waals surface area contributed by atoms with Gasteiger partial charge in [-0.15, -0.1) is 0 Å². The Balaban J connectivity index is 1.55. The van der Waals surface area contributed by atoms with Gasteiger partial charge in [0, 0.05) is 23.5 Å². The molecule has 2 aromatic heterocycles. The fourth-order valence-electron chi connectivity index (χ4n) is 4.22. The van der Waals surface area contributed by atoms with Crippen molar-refractivity contribution in [2.75, 3.05) is 11.5 Å². The van der Waals surface area contributed by atoms with Gasteiger partial charge in [-0.2, -0.15) is 0 Å². The minimum atomic E-state index is -0.954. The molecular formula is C28H22N2O6. The number of ketones is 1. The number of amides is 1. The maximum Gasteiger partial charge on any atom is 0.338 e. The van der Waals surface area contributed by atoms with Crippen molar-refractivity contribution in [3.05, 3.63) is 107 Å². The molecule has 1 unspecified atom stereocenters. The van der Waals surface area contributed by atoms with E-state index in [0.717, 1.165) is 5.39 Å². The molecule has 3 heterocycles. The van der Waals surface area contributed by atoms with Crippen molar-refractivity contribution in [2.24, 2.45) is 0 Å². The molecule has 0 saturated carbocycles. The van der Waals surface area contributed by atoms with E-state index in [1.807, 2.05) is 19.1 Å². The number of hydrogen-bond donors (Lipinski definition) is 1. The Hall–Kier alpha value is -4.72. The maximum absolute atomic E-state index is 13.6. The van der Waals surface area contributed by atoms with Crippen LogP contribution in [0.3, 0.4) is 0 Å². The highest BCUT2D eigenvalue weighted by molar-refractivity contribution is 6.20. The van der Waals surface area contributed by atoms with Gasteiger partial charge < -0.3 is 14.3 Å². The van der Waals surface area contributed by atoms with E-state index in [1.54, 1.807) is 48.7 Å². The van der Waals surface area contributed by atoms with E-state index in [2.05, 4.69) is 4.98 Å². The fourth-order valence-corrected chi connectivity index (χ4v) is 4.22. The summed E-state index contributed by atoms with van der Waals surface area (Å²) in [5.74, 6) is -2.48. The standard InChI is InChI=1S/C28H22N2O6/c1-2-14-35-28(34)17-9-11-20(12-10-17)30-24(19-7-5-13-29-16-19)23(26(32)27(30)33)25(31)22-15-18-6-3-4-8-21(18)36-22/h3-13,15-16,24,32H,2,14H2,1H3. The lowest BCUT2D eigenvalue weighted by molar-refractivity contribution is -0.117. The molecule has 1 amide bonds. The number of carbonyl (C=O) groups excluding carboxylic acids is 3. The number of rotatable bonds is 7. The number of esters is 1. The number of carbonyl (C=O) groups is 3. The molecule has 5 rings (SSSR count). The van der Waals surface area contributed by atoms with Crippen molar-refractivity contribution in [1.82, 2.24) is 4.98 Å². The Morgan fingerprint density at radius 2 is 1.86 bits per heavy atom. The van der Waals surface area contributed by atoms with Gasteiger partial charge in [-0.05, 0) is 54.4 Å². The van der Waals surface area contributed by atoms with Gasteiger partial charge in [0.05, 0.1) is 23.8 Å². The predicted molar refractivity (Wildman–Crippen MR) is 132 cm³/mol. The van der Waals surface area contributed by atoms with Gasteiger partial charge in [-0.1, -0.05) is 31.2 Å². The Labute approximate surface area is 206 Å². The number of furan rings is 1. The molecule has 180 valence electrons. The molecule has 0 spiro atoms. The summed E-state index contributed by atoms with van der Waals surface area (Å²) in [6.45, 7) is 2.21. The van der Waals surface area contributed by atoms with Crippen LogP contribution >= 0.6 is 0 Å². The zero-order valence-electron chi connectivity index (χ0n) is 19.4. The zero-order chi connectivity index (χ0) is 25.2. The smallest absolute Gasteiger partial charge is 0.338 e. The molecule has 4 aromatic rings. The van der Waals surface area contributed by atoms with Crippen molar-refractivity contribution >= 4 is 34.3 Å². The SMILES string of the molecule is CCCOC(=O)c1ccc(N2C(=O)C(O)=C(C(=O)c3cc4ccccc4o3)C2c2cccnc2)cc1. The van der Waals surface area contributed by atoms with E-state index in [1.165, 1.54) is 23.2 Å². The molecule has 1 aliphatic heterocycles. The summed E-state index contributed by atoms with van der Waals surface area (Å²) in [5.41, 5.74) is 1.65. The fraction of sp³-hybridized carbons (Fsp3) is 0.143. The van der Waals surface area contributed by atoms with Crippen LogP contribution in [0.4, 0.5) is 5.69 Å². The number of para-hydroxylation sites is 1. The van der Waals surface area contributed by atoms with E-state index < -0.39 is 29.5 Å². The van der Waals surface area contributed by atoms with Crippen LogP contribution in [0.25, 0.3) is 11.0 Å². The van der Waals surface area contributed by atoms with Crippen LogP contribution in [-0.4, -0.2) is 34.4 Å². The number of aliphatic hydroxyl groups is 1. The second kappa shape index (κ2) is 9.50. The summed E-state index contributed by atoms with van der Waals surface area (Å²) < 4.78 is 10.9. The Kier molecular flexibility index (Phi) is 6.08. The first kappa shape index (κ1) is 23.0. The maximum atomic E-state index is 13.6. The molecule has 0 bridgehead atoms. The highest BCUT2D eigenvalue weighted by Crippen LogP contribution is 2.42. The van der Waals surface area contributed by atoms with Crippen molar-refractivity contribution < 1.29 is 28.6 Å². The van der Waals surface area contributed by atoms with Crippen LogP contribution in [0.2, 0.25) is 0 Å². The third kappa shape index (κ3) is 4.02. The Bertz CT molecular complexity index is 1450. The first-order valence-electron chi connectivity index (χ1n) is 11.5. The topological polar surface area (TPSA) is 110 Å². The molecular weight excluding hydrogens is 460 g/mol. The zero-order valence-corrected chi connectivity index (χ0v) is 19.4. The number of aliphatic hydroxyl groups excluding tert-OH is 1. The quantitative estimate of drug-likeness (QED) is 0.286. The first-order valence-corrected chi connectivity index (χ1v) is 11.5. The lowest BCUT2D eigenvalue weighted by Gasteiger charge is -2.26.